The van der Waals surface area contributed by atoms with E-state index in [1.807, 2.05) is 78.9 Å². The number of imidazole rings is 2. The Balaban J connectivity index is 1.14. The van der Waals surface area contributed by atoms with Crippen LogP contribution in [0.15, 0.2) is 92.0 Å². The van der Waals surface area contributed by atoms with Crippen molar-refractivity contribution >= 4 is 34.1 Å². The summed E-state index contributed by atoms with van der Waals surface area (Å²) in [6, 6.07) is 17.6. The molecule has 5 rings (SSSR count). The molecule has 0 aliphatic heterocycles. The van der Waals surface area contributed by atoms with Crippen LogP contribution in [0.5, 0.6) is 11.5 Å². The van der Waals surface area contributed by atoms with Crippen molar-refractivity contribution in [1.29, 1.82) is 0 Å². The molecule has 218 valence electrons. The first-order chi connectivity index (χ1) is 20.4. The van der Waals surface area contributed by atoms with E-state index < -0.39 is 0 Å². The average Bonchev–Trinajstić information content (AvgIpc) is 3.68. The van der Waals surface area contributed by atoms with Crippen LogP contribution in [0, 0.1) is 6.92 Å². The number of rotatable bonds is 14. The normalized spacial score (nSPS) is 10.9. The molecule has 0 fully saturated rings. The van der Waals surface area contributed by atoms with Crippen molar-refractivity contribution < 1.29 is 14.8 Å². The third-order valence-electron chi connectivity index (χ3n) is 7.06. The Morgan fingerprint density at radius 3 is 1.74 bits per heavy atom. The molecule has 0 unspecified atom stereocenters. The van der Waals surface area contributed by atoms with Crippen LogP contribution in [0.1, 0.15) is 18.4 Å². The van der Waals surface area contributed by atoms with E-state index in [1.54, 1.807) is 19.2 Å². The Labute approximate surface area is 246 Å². The van der Waals surface area contributed by atoms with Crippen LogP contribution in [0.25, 0.3) is 0 Å². The van der Waals surface area contributed by atoms with E-state index in [-0.39, 0.29) is 11.5 Å². The van der Waals surface area contributed by atoms with E-state index in [0.29, 0.717) is 16.9 Å². The Kier molecular flexibility index (Phi) is 9.13. The molecule has 42 heavy (non-hydrogen) atoms. The van der Waals surface area contributed by atoms with Gasteiger partial charge in [0.15, 0.2) is 0 Å². The predicted molar refractivity (Wildman–Crippen MR) is 168 cm³/mol. The van der Waals surface area contributed by atoms with Crippen LogP contribution in [-0.4, -0.2) is 37.4 Å². The molecule has 5 aromatic rings. The molecule has 2 aromatic heterocycles. The third kappa shape index (κ3) is 7.54. The SMILES string of the molecule is Cc1c(O)c(Nc2ccc(NCCCn3ccnc3)cc2)cc(Nc2ccc(NCCCn3cc[n+](C)c3)cc2)c1O. The number of aryl methyl sites for hydroxylation is 3. The van der Waals surface area contributed by atoms with Gasteiger partial charge in [0.05, 0.1) is 31.3 Å². The van der Waals surface area contributed by atoms with Crippen LogP contribution < -0.4 is 25.8 Å². The molecule has 0 bridgehead atoms. The minimum atomic E-state index is 0.00738. The van der Waals surface area contributed by atoms with E-state index in [0.717, 1.165) is 61.8 Å². The lowest BCUT2D eigenvalue weighted by Gasteiger charge is -2.17. The summed E-state index contributed by atoms with van der Waals surface area (Å²) in [5, 5.41) is 34.9. The maximum absolute atomic E-state index is 10.7. The van der Waals surface area contributed by atoms with Crippen molar-refractivity contribution in [2.75, 3.05) is 34.4 Å². The van der Waals surface area contributed by atoms with Crippen LogP contribution in [0.4, 0.5) is 34.1 Å². The largest absolute Gasteiger partial charge is 0.505 e. The highest BCUT2D eigenvalue weighted by Crippen LogP contribution is 2.42. The van der Waals surface area contributed by atoms with Gasteiger partial charge in [0.2, 0.25) is 6.33 Å². The van der Waals surface area contributed by atoms with Crippen LogP contribution in [-0.2, 0) is 20.1 Å². The molecule has 0 saturated carbocycles. The lowest BCUT2D eigenvalue weighted by Crippen LogP contribution is -2.23. The Bertz CT molecular complexity index is 1560. The van der Waals surface area contributed by atoms with Crippen LogP contribution in [0.2, 0.25) is 0 Å². The first-order valence-corrected chi connectivity index (χ1v) is 14.2. The second kappa shape index (κ2) is 13.5. The zero-order chi connectivity index (χ0) is 29.3. The van der Waals surface area contributed by atoms with E-state index in [4.69, 9.17) is 0 Å². The van der Waals surface area contributed by atoms with Gasteiger partial charge in [-0.1, -0.05) is 0 Å². The summed E-state index contributed by atoms with van der Waals surface area (Å²) in [6.45, 7) is 5.28. The summed E-state index contributed by atoms with van der Waals surface area (Å²) in [6.07, 6.45) is 13.8. The van der Waals surface area contributed by atoms with E-state index >= 15 is 0 Å². The summed E-state index contributed by atoms with van der Waals surface area (Å²) >= 11 is 0. The number of phenols is 2. The van der Waals surface area contributed by atoms with Gasteiger partial charge in [-0.3, -0.25) is 0 Å². The summed E-state index contributed by atoms with van der Waals surface area (Å²) in [4.78, 5) is 4.06. The van der Waals surface area contributed by atoms with Gasteiger partial charge in [-0.2, -0.15) is 0 Å². The quantitative estimate of drug-likeness (QED) is 0.0440. The second-order valence-corrected chi connectivity index (χ2v) is 10.4. The van der Waals surface area contributed by atoms with Crippen molar-refractivity contribution in [3.63, 3.8) is 0 Å². The number of hydrogen-bond donors (Lipinski definition) is 6. The molecule has 0 atom stereocenters. The summed E-state index contributed by atoms with van der Waals surface area (Å²) in [5.74, 6) is 0.0156. The third-order valence-corrected chi connectivity index (χ3v) is 7.06. The minimum absolute atomic E-state index is 0.00738. The smallest absolute Gasteiger partial charge is 0.243 e. The molecule has 0 spiro atoms. The zero-order valence-corrected chi connectivity index (χ0v) is 24.1. The maximum atomic E-state index is 10.7. The molecule has 10 heteroatoms. The summed E-state index contributed by atoms with van der Waals surface area (Å²) in [7, 11) is 2.02. The van der Waals surface area contributed by atoms with Crippen molar-refractivity contribution in [2.24, 2.45) is 7.05 Å². The topological polar surface area (TPSA) is 115 Å². The number of benzene rings is 3. The number of phenolic OH excluding ortho intramolecular Hbond substituents is 2. The van der Waals surface area contributed by atoms with Gasteiger partial charge in [0.25, 0.3) is 0 Å². The fraction of sp³-hybridized carbons (Fsp3) is 0.250. The highest BCUT2D eigenvalue weighted by molar-refractivity contribution is 5.80. The standard InChI is InChI=1S/C32H38N8O2/c1-24-31(41)29(36-27-9-5-25(6-10-27)34-13-3-16-39-18-15-33-22-39)21-30(32(24)42)37-28-11-7-26(8-12-28)35-14-4-17-40-20-19-38(2)23-40/h5-12,15,18-23,34-37H,3-4,13-14,16-17H2,1-2H3,(H-,41,42)/p+1. The number of aromatic nitrogens is 4. The van der Waals surface area contributed by atoms with Gasteiger partial charge < -0.3 is 36.0 Å². The van der Waals surface area contributed by atoms with Gasteiger partial charge in [-0.05, 0) is 67.9 Å². The first-order valence-electron chi connectivity index (χ1n) is 14.2. The highest BCUT2D eigenvalue weighted by atomic mass is 16.3. The molecular weight excluding hydrogens is 528 g/mol. The molecule has 0 aliphatic carbocycles. The van der Waals surface area contributed by atoms with E-state index in [9.17, 15) is 10.2 Å². The number of aromatic hydroxyl groups is 2. The molecule has 0 radical (unpaired) electrons. The molecular formula is C32H39N8O2+. The van der Waals surface area contributed by atoms with Crippen molar-refractivity contribution in [3.05, 3.63) is 97.6 Å². The monoisotopic (exact) mass is 567 g/mol. The molecule has 2 heterocycles. The average molecular weight is 568 g/mol. The molecule has 10 nitrogen and oxygen atoms in total. The molecule has 0 aliphatic rings. The molecule has 6 N–H and O–H groups in total. The fourth-order valence-electron chi connectivity index (χ4n) is 4.68. The number of nitrogens with zero attached hydrogens (tertiary/aromatic N) is 4. The van der Waals surface area contributed by atoms with Crippen molar-refractivity contribution in [1.82, 2.24) is 14.1 Å². The lowest BCUT2D eigenvalue weighted by atomic mass is 10.1. The maximum Gasteiger partial charge on any atom is 0.243 e. The minimum Gasteiger partial charge on any atom is -0.505 e. The molecule has 0 amide bonds. The van der Waals surface area contributed by atoms with Crippen molar-refractivity contribution in [3.8, 4) is 11.5 Å². The van der Waals surface area contributed by atoms with Gasteiger partial charge in [0.1, 0.15) is 23.9 Å². The molecule has 3 aromatic carbocycles. The Morgan fingerprint density at radius 1 is 0.738 bits per heavy atom. The first kappa shape index (κ1) is 28.4. The van der Waals surface area contributed by atoms with Crippen molar-refractivity contribution in [2.45, 2.75) is 32.9 Å². The lowest BCUT2D eigenvalue weighted by molar-refractivity contribution is -0.671. The van der Waals surface area contributed by atoms with E-state index in [2.05, 4.69) is 47.9 Å². The van der Waals surface area contributed by atoms with Gasteiger partial charge >= 0.3 is 0 Å². The fourth-order valence-corrected chi connectivity index (χ4v) is 4.68. The van der Waals surface area contributed by atoms with Crippen LogP contribution >= 0.6 is 0 Å². The highest BCUT2D eigenvalue weighted by Gasteiger charge is 2.15. The number of anilines is 6. The van der Waals surface area contributed by atoms with E-state index in [1.165, 1.54) is 0 Å². The second-order valence-electron chi connectivity index (χ2n) is 10.4. The Morgan fingerprint density at radius 2 is 1.26 bits per heavy atom. The summed E-state index contributed by atoms with van der Waals surface area (Å²) < 4.78 is 6.27. The number of hydrogen-bond acceptors (Lipinski definition) is 7. The number of nitrogens with one attached hydrogen (secondary N) is 4. The predicted octanol–water partition coefficient (Wildman–Crippen LogP) is 5.72. The van der Waals surface area contributed by atoms with Gasteiger partial charge in [0, 0.05) is 66.8 Å². The van der Waals surface area contributed by atoms with Gasteiger partial charge in [-0.25, -0.2) is 14.1 Å². The van der Waals surface area contributed by atoms with Crippen LogP contribution in [0.3, 0.4) is 0 Å². The Hall–Kier alpha value is -5.12. The summed E-state index contributed by atoms with van der Waals surface area (Å²) in [5.41, 5.74) is 5.11. The molecule has 0 saturated heterocycles. The zero-order valence-electron chi connectivity index (χ0n) is 24.1. The van der Waals surface area contributed by atoms with Gasteiger partial charge in [-0.15, -0.1) is 0 Å².